The number of nitrogens with two attached hydrogens (primary N) is 1. The van der Waals surface area contributed by atoms with Gasteiger partial charge in [0.2, 0.25) is 0 Å². The van der Waals surface area contributed by atoms with Crippen LogP contribution < -0.4 is 11.1 Å². The van der Waals surface area contributed by atoms with Crippen LogP contribution in [-0.4, -0.2) is 51.1 Å². The van der Waals surface area contributed by atoms with Crippen LogP contribution in [0.2, 0.25) is 0 Å². The number of hydrogen-bond donors (Lipinski definition) is 2. The Morgan fingerprint density at radius 2 is 1.17 bits per heavy atom. The van der Waals surface area contributed by atoms with Gasteiger partial charge in [0, 0.05) is 95.4 Å². The smallest absolute Gasteiger partial charge is 0.256 e. The van der Waals surface area contributed by atoms with Crippen LogP contribution in [0.3, 0.4) is 0 Å². The van der Waals surface area contributed by atoms with E-state index < -0.39 is 0 Å². The fraction of sp³-hybridized carbons (Fsp3) is 0.136. The number of benzene rings is 4. The first-order valence-electron chi connectivity index (χ1n) is 18.6. The fourth-order valence-electron chi connectivity index (χ4n) is 6.99. The van der Waals surface area contributed by atoms with Crippen molar-refractivity contribution in [1.29, 1.82) is 0 Å². The summed E-state index contributed by atoms with van der Waals surface area (Å²) in [5.41, 5.74) is 13.4. The van der Waals surface area contributed by atoms with E-state index in [9.17, 15) is 18.4 Å². The molecule has 3 N–H and O–H groups in total. The Morgan fingerprint density at radius 3 is 1.73 bits per heavy atom. The highest BCUT2D eigenvalue weighted by Gasteiger charge is 2.29. The average Bonchev–Trinajstić information content (AvgIpc) is 3.96. The first-order chi connectivity index (χ1) is 28.5. The summed E-state index contributed by atoms with van der Waals surface area (Å²) in [6, 6.07) is 28.3. The van der Waals surface area contributed by atoms with Crippen LogP contribution >= 0.6 is 15.9 Å². The minimum absolute atomic E-state index is 0.0922. The summed E-state index contributed by atoms with van der Waals surface area (Å²) in [5, 5.41) is 13.9. The first-order valence-corrected chi connectivity index (χ1v) is 19.3. The second-order valence-electron chi connectivity index (χ2n) is 14.2. The maximum absolute atomic E-state index is 14.7. The van der Waals surface area contributed by atoms with Crippen molar-refractivity contribution in [1.82, 2.24) is 39.3 Å². The van der Waals surface area contributed by atoms with Crippen molar-refractivity contribution >= 4 is 66.6 Å². The number of hydrogen-bond acceptors (Lipinski definition) is 8. The summed E-state index contributed by atoms with van der Waals surface area (Å²) < 4.78 is 32.7. The molecule has 0 spiro atoms. The number of amides is 2. The molecule has 0 bridgehead atoms. The Labute approximate surface area is 346 Å². The zero-order valence-corrected chi connectivity index (χ0v) is 33.6. The Kier molecular flexibility index (Phi) is 10.8. The van der Waals surface area contributed by atoms with Crippen LogP contribution in [0.1, 0.15) is 43.2 Å². The molecule has 59 heavy (non-hydrogen) atoms. The number of carbonyl (C=O) groups excluding carboxylic acids is 2. The highest BCUT2D eigenvalue weighted by atomic mass is 79.9. The van der Waals surface area contributed by atoms with Gasteiger partial charge < -0.3 is 20.9 Å². The minimum atomic E-state index is -0.353. The molecule has 2 aliphatic rings. The molecule has 4 aromatic carbocycles. The molecule has 2 aliphatic heterocycles. The molecule has 0 saturated heterocycles. The lowest BCUT2D eigenvalue weighted by Gasteiger charge is -2.16. The lowest BCUT2D eigenvalue weighted by molar-refractivity contribution is 0.0757. The van der Waals surface area contributed by atoms with E-state index in [2.05, 4.69) is 41.4 Å². The van der Waals surface area contributed by atoms with Crippen LogP contribution in [0, 0.1) is 11.6 Å². The number of carbonyl (C=O) groups is 2. The molecular formula is C44H37BrF2N10O2. The minimum Gasteiger partial charge on any atom is -0.399 e. The fourth-order valence-corrected chi connectivity index (χ4v) is 7.33. The summed E-state index contributed by atoms with van der Waals surface area (Å²) in [7, 11) is 3.77. The summed E-state index contributed by atoms with van der Waals surface area (Å²) in [6.07, 6.45) is 7.21. The van der Waals surface area contributed by atoms with Gasteiger partial charge in [0.25, 0.3) is 11.8 Å². The molecule has 2 amide bonds. The number of rotatable bonds is 6. The second kappa shape index (κ2) is 16.5. The Morgan fingerprint density at radius 1 is 0.661 bits per heavy atom. The standard InChI is InChI=1S/C22H18FN5O.C14H10BrFN2O.C8H9N3/c1-27-11-15-9-16(6-7-20(15)26-27)25-17-5-4-14(19(23)10-17)12-28-13-21-18(22(28)29)3-2-8-24-21;15-10-4-3-9(12(16)6-10)7-18-8-13-11(14(18)19)2-1-5-17-13;1-11-5-6-4-7(9)2-3-8(6)10-11/h2-11,25H,12-13H2,1H3;1-6H,7-8H2;2-5H,9H2,1H3. The first kappa shape index (κ1) is 38.9. The third-order valence-electron chi connectivity index (χ3n) is 9.84. The van der Waals surface area contributed by atoms with E-state index in [0.29, 0.717) is 45.5 Å². The zero-order valence-electron chi connectivity index (χ0n) is 32.0. The molecule has 0 aliphatic carbocycles. The summed E-state index contributed by atoms with van der Waals surface area (Å²) >= 11 is 3.21. The van der Waals surface area contributed by atoms with Gasteiger partial charge in [0.05, 0.1) is 46.6 Å². The van der Waals surface area contributed by atoms with E-state index in [1.165, 1.54) is 12.1 Å². The third-order valence-corrected chi connectivity index (χ3v) is 10.3. The topological polar surface area (TPSA) is 140 Å². The number of aryl methyl sites for hydroxylation is 2. The largest absolute Gasteiger partial charge is 0.399 e. The van der Waals surface area contributed by atoms with E-state index in [0.717, 1.165) is 44.6 Å². The Balaban J connectivity index is 0.000000137. The number of pyridine rings is 2. The van der Waals surface area contributed by atoms with Crippen LogP contribution in [0.15, 0.2) is 126 Å². The van der Waals surface area contributed by atoms with Crippen molar-refractivity contribution in [2.45, 2.75) is 26.2 Å². The molecule has 0 unspecified atom stereocenters. The van der Waals surface area contributed by atoms with E-state index in [1.807, 2.05) is 69.0 Å². The molecule has 6 heterocycles. The van der Waals surface area contributed by atoms with Crippen molar-refractivity contribution in [3.63, 3.8) is 0 Å². The van der Waals surface area contributed by atoms with E-state index in [4.69, 9.17) is 5.73 Å². The third kappa shape index (κ3) is 8.65. The number of nitrogens with one attached hydrogen (secondary N) is 1. The summed E-state index contributed by atoms with van der Waals surface area (Å²) in [5.74, 6) is -0.870. The van der Waals surface area contributed by atoms with Crippen molar-refractivity contribution < 1.29 is 18.4 Å². The lowest BCUT2D eigenvalue weighted by atomic mass is 10.1. The molecule has 10 rings (SSSR count). The van der Waals surface area contributed by atoms with Crippen molar-refractivity contribution in [3.05, 3.63) is 172 Å². The van der Waals surface area contributed by atoms with E-state index >= 15 is 0 Å². The number of aromatic nitrogens is 6. The van der Waals surface area contributed by atoms with Crippen molar-refractivity contribution in [3.8, 4) is 0 Å². The zero-order chi connectivity index (χ0) is 41.2. The van der Waals surface area contributed by atoms with Crippen molar-refractivity contribution in [2.24, 2.45) is 14.1 Å². The van der Waals surface area contributed by atoms with Gasteiger partial charge in [-0.1, -0.05) is 28.1 Å². The maximum Gasteiger partial charge on any atom is 0.256 e. The van der Waals surface area contributed by atoms with Gasteiger partial charge in [-0.2, -0.15) is 10.2 Å². The summed E-state index contributed by atoms with van der Waals surface area (Å²) in [6.45, 7) is 1.31. The maximum atomic E-state index is 14.7. The molecule has 12 nitrogen and oxygen atoms in total. The van der Waals surface area contributed by atoms with Crippen molar-refractivity contribution in [2.75, 3.05) is 11.1 Å². The average molecular weight is 856 g/mol. The van der Waals surface area contributed by atoms with Crippen LogP contribution in [-0.2, 0) is 40.3 Å². The van der Waals surface area contributed by atoms with E-state index in [1.54, 1.807) is 74.0 Å². The monoisotopic (exact) mass is 854 g/mol. The van der Waals surface area contributed by atoms with Gasteiger partial charge >= 0.3 is 0 Å². The second-order valence-corrected chi connectivity index (χ2v) is 15.1. The van der Waals surface area contributed by atoms with Crippen LogP contribution in [0.5, 0.6) is 0 Å². The number of anilines is 3. The molecule has 296 valence electrons. The molecule has 0 atom stereocenters. The van der Waals surface area contributed by atoms with Gasteiger partial charge in [-0.15, -0.1) is 0 Å². The molecule has 15 heteroatoms. The predicted octanol–water partition coefficient (Wildman–Crippen LogP) is 8.30. The van der Waals surface area contributed by atoms with Gasteiger partial charge in [-0.05, 0) is 84.9 Å². The Hall–Kier alpha value is -7.00. The highest BCUT2D eigenvalue weighted by molar-refractivity contribution is 9.10. The highest BCUT2D eigenvalue weighted by Crippen LogP contribution is 2.27. The predicted molar refractivity (Wildman–Crippen MR) is 225 cm³/mol. The quantitative estimate of drug-likeness (QED) is 0.159. The lowest BCUT2D eigenvalue weighted by Crippen LogP contribution is -2.23. The Bertz CT molecular complexity index is 2880. The number of nitrogens with zero attached hydrogens (tertiary/aromatic N) is 8. The molecule has 0 radical (unpaired) electrons. The SMILES string of the molecule is Cn1cc2cc(N)ccc2n1.Cn1cc2cc(Nc3ccc(CN4Cc5ncccc5C4=O)c(F)c3)ccc2n1.O=C1c2cccnc2CN1Cc1ccc(Br)cc1F. The van der Waals surface area contributed by atoms with Gasteiger partial charge in [-0.25, -0.2) is 8.78 Å². The molecular weight excluding hydrogens is 818 g/mol. The number of fused-ring (bicyclic) bond motifs is 4. The van der Waals surface area contributed by atoms with Crippen LogP contribution in [0.4, 0.5) is 25.8 Å². The molecule has 0 fully saturated rings. The molecule has 4 aromatic heterocycles. The molecule has 0 saturated carbocycles. The van der Waals surface area contributed by atoms with Gasteiger partial charge in [-0.3, -0.25) is 28.9 Å². The number of halogens is 3. The number of nitrogen functional groups attached to an aromatic ring is 1. The molecule has 8 aromatic rings. The van der Waals surface area contributed by atoms with E-state index in [-0.39, 0.29) is 36.5 Å². The van der Waals surface area contributed by atoms with Crippen LogP contribution in [0.25, 0.3) is 21.8 Å². The van der Waals surface area contributed by atoms with Gasteiger partial charge in [0.15, 0.2) is 0 Å². The normalized spacial score (nSPS) is 12.9. The summed E-state index contributed by atoms with van der Waals surface area (Å²) in [4.78, 5) is 36.2. The van der Waals surface area contributed by atoms with Gasteiger partial charge in [0.1, 0.15) is 11.6 Å².